The Bertz CT molecular complexity index is 641. The molecule has 1 aromatic heterocycles. The third-order valence-electron chi connectivity index (χ3n) is 2.29. The maximum absolute atomic E-state index is 12.7. The lowest BCUT2D eigenvalue weighted by molar-refractivity contribution is -0.0498. The molecule has 0 atom stereocenters. The molecule has 0 aliphatic heterocycles. The van der Waals surface area contributed by atoms with Crippen LogP contribution in [0.15, 0.2) is 41.5 Å². The van der Waals surface area contributed by atoms with Crippen molar-refractivity contribution in [1.29, 1.82) is 0 Å². The summed E-state index contributed by atoms with van der Waals surface area (Å²) in [6.45, 7) is -2.92. The van der Waals surface area contributed by atoms with Crippen LogP contribution in [0.2, 0.25) is 0 Å². The quantitative estimate of drug-likeness (QED) is 0.680. The number of amides is 1. The van der Waals surface area contributed by atoms with Crippen molar-refractivity contribution in [2.75, 3.05) is 0 Å². The topological polar surface area (TPSA) is 50.7 Å². The number of nitrogens with zero attached hydrogens (tertiary/aromatic N) is 1. The monoisotopic (exact) mass is 314 g/mol. The molecule has 21 heavy (non-hydrogen) atoms. The van der Waals surface area contributed by atoms with Crippen molar-refractivity contribution in [3.05, 3.63) is 52.0 Å². The zero-order chi connectivity index (χ0) is 15.2. The van der Waals surface area contributed by atoms with Crippen molar-refractivity contribution >= 4 is 23.5 Å². The number of thiophene rings is 1. The van der Waals surface area contributed by atoms with Gasteiger partial charge >= 0.3 is 6.61 Å². The van der Waals surface area contributed by atoms with Gasteiger partial charge in [0.15, 0.2) is 5.13 Å². The minimum atomic E-state index is -2.92. The highest BCUT2D eigenvalue weighted by Crippen LogP contribution is 2.15. The van der Waals surface area contributed by atoms with E-state index in [9.17, 15) is 18.0 Å². The SMILES string of the molecule is O=C(N/N=C\c1ccc(F)s1)c1ccc(OC(F)F)cc1. The smallest absolute Gasteiger partial charge is 0.387 e. The highest BCUT2D eigenvalue weighted by molar-refractivity contribution is 7.12. The van der Waals surface area contributed by atoms with Crippen LogP contribution >= 0.6 is 11.3 Å². The maximum atomic E-state index is 12.7. The Morgan fingerprint density at radius 2 is 1.95 bits per heavy atom. The first-order valence-corrected chi connectivity index (χ1v) is 6.50. The van der Waals surface area contributed by atoms with E-state index in [0.29, 0.717) is 4.88 Å². The third-order valence-corrected chi connectivity index (χ3v) is 3.10. The van der Waals surface area contributed by atoms with Crippen molar-refractivity contribution in [2.24, 2.45) is 5.10 Å². The van der Waals surface area contributed by atoms with Gasteiger partial charge in [-0.1, -0.05) is 0 Å². The van der Waals surface area contributed by atoms with Gasteiger partial charge in [-0.15, -0.1) is 11.3 Å². The van der Waals surface area contributed by atoms with Crippen molar-refractivity contribution in [1.82, 2.24) is 5.43 Å². The molecule has 0 radical (unpaired) electrons. The molecule has 1 aromatic carbocycles. The Labute approximate surface area is 121 Å². The van der Waals surface area contributed by atoms with Gasteiger partial charge in [0.25, 0.3) is 5.91 Å². The molecule has 0 saturated carbocycles. The first kappa shape index (κ1) is 15.0. The first-order valence-electron chi connectivity index (χ1n) is 5.68. The lowest BCUT2D eigenvalue weighted by atomic mass is 10.2. The van der Waals surface area contributed by atoms with Crippen LogP contribution in [-0.2, 0) is 0 Å². The molecule has 0 spiro atoms. The lowest BCUT2D eigenvalue weighted by Crippen LogP contribution is -2.17. The average molecular weight is 314 g/mol. The molecule has 1 heterocycles. The second kappa shape index (κ2) is 6.89. The Morgan fingerprint density at radius 3 is 2.52 bits per heavy atom. The number of benzene rings is 1. The van der Waals surface area contributed by atoms with Gasteiger partial charge < -0.3 is 4.74 Å². The largest absolute Gasteiger partial charge is 0.435 e. The van der Waals surface area contributed by atoms with Gasteiger partial charge in [-0.25, -0.2) is 5.43 Å². The number of carbonyl (C=O) groups is 1. The molecule has 0 fully saturated rings. The number of carbonyl (C=O) groups excluding carboxylic acids is 1. The van der Waals surface area contributed by atoms with Gasteiger partial charge in [-0.3, -0.25) is 4.79 Å². The second-order valence-corrected chi connectivity index (χ2v) is 4.81. The van der Waals surface area contributed by atoms with E-state index in [4.69, 9.17) is 0 Å². The summed E-state index contributed by atoms with van der Waals surface area (Å²) in [7, 11) is 0. The van der Waals surface area contributed by atoms with Gasteiger partial charge in [-0.2, -0.15) is 18.3 Å². The third kappa shape index (κ3) is 4.60. The van der Waals surface area contributed by atoms with Crippen molar-refractivity contribution in [3.8, 4) is 5.75 Å². The summed E-state index contributed by atoms with van der Waals surface area (Å²) in [5.41, 5.74) is 2.47. The van der Waals surface area contributed by atoms with Gasteiger partial charge in [0, 0.05) is 5.56 Å². The summed E-state index contributed by atoms with van der Waals surface area (Å²) >= 11 is 0.888. The van der Waals surface area contributed by atoms with Crippen LogP contribution in [0.3, 0.4) is 0 Å². The minimum absolute atomic E-state index is 0.0425. The number of ether oxygens (including phenoxy) is 1. The fourth-order valence-corrected chi connectivity index (χ4v) is 2.01. The van der Waals surface area contributed by atoms with Crippen LogP contribution in [0.1, 0.15) is 15.2 Å². The molecule has 4 nitrogen and oxygen atoms in total. The highest BCUT2D eigenvalue weighted by Gasteiger charge is 2.07. The van der Waals surface area contributed by atoms with Crippen LogP contribution in [0, 0.1) is 5.13 Å². The van der Waals surface area contributed by atoms with E-state index in [0.717, 1.165) is 11.3 Å². The van der Waals surface area contributed by atoms with E-state index < -0.39 is 12.5 Å². The van der Waals surface area contributed by atoms with Gasteiger partial charge in [0.1, 0.15) is 5.75 Å². The fourth-order valence-electron chi connectivity index (χ4n) is 1.40. The predicted octanol–water partition coefficient (Wildman–Crippen LogP) is 3.25. The Morgan fingerprint density at radius 1 is 1.24 bits per heavy atom. The highest BCUT2D eigenvalue weighted by atomic mass is 32.1. The van der Waals surface area contributed by atoms with Gasteiger partial charge in [0.2, 0.25) is 0 Å². The maximum Gasteiger partial charge on any atom is 0.387 e. The van der Waals surface area contributed by atoms with Crippen molar-refractivity contribution in [2.45, 2.75) is 6.61 Å². The number of halogens is 3. The summed E-state index contributed by atoms with van der Waals surface area (Å²) in [5, 5.41) is 3.32. The number of hydrogen-bond acceptors (Lipinski definition) is 4. The molecule has 0 bridgehead atoms. The van der Waals surface area contributed by atoms with Crippen LogP contribution in [0.5, 0.6) is 5.75 Å². The predicted molar refractivity (Wildman–Crippen MR) is 72.4 cm³/mol. The van der Waals surface area contributed by atoms with Crippen LogP contribution in [0.4, 0.5) is 13.2 Å². The Balaban J connectivity index is 1.92. The first-order chi connectivity index (χ1) is 10.0. The number of hydrazone groups is 1. The standard InChI is InChI=1S/C13H9F3N2O2S/c14-11-6-5-10(21-11)7-17-18-12(19)8-1-3-9(4-2-8)20-13(15)16/h1-7,13H,(H,18,19)/b17-7-. The van der Waals surface area contributed by atoms with Crippen molar-refractivity contribution < 1.29 is 22.7 Å². The number of rotatable bonds is 5. The van der Waals surface area contributed by atoms with Crippen molar-refractivity contribution in [3.63, 3.8) is 0 Å². The lowest BCUT2D eigenvalue weighted by Gasteiger charge is -2.04. The van der Waals surface area contributed by atoms with Gasteiger partial charge in [-0.05, 0) is 36.4 Å². The Kier molecular flexibility index (Phi) is 4.94. The van der Waals surface area contributed by atoms with E-state index in [-0.39, 0.29) is 16.4 Å². The summed E-state index contributed by atoms with van der Waals surface area (Å²) in [4.78, 5) is 12.2. The van der Waals surface area contributed by atoms with Crippen LogP contribution in [-0.4, -0.2) is 18.7 Å². The summed E-state index contributed by atoms with van der Waals surface area (Å²) in [5.74, 6) is -0.564. The molecule has 1 amide bonds. The summed E-state index contributed by atoms with van der Waals surface area (Å²) in [6, 6.07) is 7.96. The zero-order valence-electron chi connectivity index (χ0n) is 10.4. The molecule has 2 aromatic rings. The summed E-state index contributed by atoms with van der Waals surface area (Å²) < 4.78 is 40.8. The number of alkyl halides is 2. The molecule has 0 saturated heterocycles. The average Bonchev–Trinajstić information content (AvgIpc) is 2.84. The van der Waals surface area contributed by atoms with E-state index >= 15 is 0 Å². The molecular formula is C13H9F3N2O2S. The summed E-state index contributed by atoms with van der Waals surface area (Å²) in [6.07, 6.45) is 1.31. The molecular weight excluding hydrogens is 305 g/mol. The van der Waals surface area contributed by atoms with Crippen LogP contribution in [0.25, 0.3) is 0 Å². The fraction of sp³-hybridized carbons (Fsp3) is 0.0769. The van der Waals surface area contributed by atoms with Gasteiger partial charge in [0.05, 0.1) is 11.1 Å². The molecule has 2 rings (SSSR count). The van der Waals surface area contributed by atoms with E-state index in [1.807, 2.05) is 0 Å². The van der Waals surface area contributed by atoms with E-state index in [1.165, 1.54) is 42.6 Å². The molecule has 8 heteroatoms. The van der Waals surface area contributed by atoms with E-state index in [2.05, 4.69) is 15.3 Å². The van der Waals surface area contributed by atoms with Crippen LogP contribution < -0.4 is 10.2 Å². The zero-order valence-corrected chi connectivity index (χ0v) is 11.2. The molecule has 0 aliphatic carbocycles. The molecule has 110 valence electrons. The molecule has 0 unspecified atom stereocenters. The Hall–Kier alpha value is -2.35. The molecule has 1 N–H and O–H groups in total. The normalized spacial score (nSPS) is 11.0. The minimum Gasteiger partial charge on any atom is -0.435 e. The number of nitrogens with one attached hydrogen (secondary N) is 1. The number of hydrogen-bond donors (Lipinski definition) is 1. The molecule has 0 aliphatic rings. The van der Waals surface area contributed by atoms with E-state index in [1.54, 1.807) is 0 Å². The second-order valence-electron chi connectivity index (χ2n) is 3.74.